The molecule has 8 heavy (non-hydrogen) atoms. The van der Waals surface area contributed by atoms with Crippen LogP contribution in [0.4, 0.5) is 0 Å². The van der Waals surface area contributed by atoms with Crippen LogP contribution in [0, 0.1) is 0 Å². The lowest BCUT2D eigenvalue weighted by Crippen LogP contribution is -2.27. The first-order valence-corrected chi connectivity index (χ1v) is 2.78. The molecular formula is C5H13NO2. The van der Waals surface area contributed by atoms with Gasteiger partial charge in [-0.15, -0.1) is 0 Å². The Bertz CT molecular complexity index is 56.4. The predicted molar refractivity (Wildman–Crippen MR) is 30.5 cm³/mol. The van der Waals surface area contributed by atoms with Crippen molar-refractivity contribution in [2.45, 2.75) is 26.0 Å². The van der Waals surface area contributed by atoms with E-state index in [2.05, 4.69) is 0 Å². The summed E-state index contributed by atoms with van der Waals surface area (Å²) < 4.78 is 0. The Morgan fingerprint density at radius 2 is 2.12 bits per heavy atom. The lowest BCUT2D eigenvalue weighted by molar-refractivity contribution is -0.179. The van der Waals surface area contributed by atoms with E-state index in [-0.39, 0.29) is 0 Å². The van der Waals surface area contributed by atoms with Gasteiger partial charge in [0.2, 0.25) is 0 Å². The van der Waals surface area contributed by atoms with E-state index in [4.69, 9.17) is 10.3 Å². The zero-order valence-corrected chi connectivity index (χ0v) is 5.33. The second-order valence-corrected chi connectivity index (χ2v) is 1.84. The average molecular weight is 119 g/mol. The molecule has 0 saturated carbocycles. The highest BCUT2D eigenvalue weighted by Crippen LogP contribution is 1.96. The van der Waals surface area contributed by atoms with Crippen LogP contribution in [0.3, 0.4) is 0 Å². The first-order chi connectivity index (χ1) is 3.68. The van der Waals surface area contributed by atoms with Gasteiger partial charge in [0.05, 0.1) is 0 Å². The number of aliphatic hydroxyl groups is 1. The standard InChI is InChI=1S/C5H13NO2/c1-3-4-5(7)6(2)8/h5,7-8H,3-4H2,1-2H3. The van der Waals surface area contributed by atoms with Gasteiger partial charge in [0.1, 0.15) is 6.23 Å². The summed E-state index contributed by atoms with van der Waals surface area (Å²) in [5, 5.41) is 18.1. The monoisotopic (exact) mass is 119 g/mol. The molecule has 0 aromatic carbocycles. The number of nitrogens with zero attached hydrogens (tertiary/aromatic N) is 1. The van der Waals surface area contributed by atoms with Gasteiger partial charge in [-0.2, -0.15) is 5.06 Å². The summed E-state index contributed by atoms with van der Waals surface area (Å²) in [5.41, 5.74) is 0. The summed E-state index contributed by atoms with van der Waals surface area (Å²) in [4.78, 5) is 0. The highest BCUT2D eigenvalue weighted by atomic mass is 16.5. The van der Waals surface area contributed by atoms with Gasteiger partial charge in [-0.25, -0.2) is 0 Å². The normalized spacial score (nSPS) is 14.6. The van der Waals surface area contributed by atoms with Crippen molar-refractivity contribution in [2.24, 2.45) is 0 Å². The molecule has 0 bridgehead atoms. The van der Waals surface area contributed by atoms with Crippen LogP contribution >= 0.6 is 0 Å². The molecule has 0 heterocycles. The Morgan fingerprint density at radius 3 is 2.25 bits per heavy atom. The lowest BCUT2D eigenvalue weighted by Gasteiger charge is -2.14. The molecular weight excluding hydrogens is 106 g/mol. The first-order valence-electron chi connectivity index (χ1n) is 2.78. The molecule has 0 radical (unpaired) electrons. The van der Waals surface area contributed by atoms with E-state index in [0.29, 0.717) is 6.42 Å². The maximum Gasteiger partial charge on any atom is 0.129 e. The van der Waals surface area contributed by atoms with Crippen molar-refractivity contribution in [3.8, 4) is 0 Å². The Morgan fingerprint density at radius 1 is 1.62 bits per heavy atom. The van der Waals surface area contributed by atoms with E-state index >= 15 is 0 Å². The lowest BCUT2D eigenvalue weighted by atomic mass is 10.3. The molecule has 0 aliphatic heterocycles. The fraction of sp³-hybridized carbons (Fsp3) is 1.00. The van der Waals surface area contributed by atoms with Crippen LogP contribution in [0.15, 0.2) is 0 Å². The van der Waals surface area contributed by atoms with Gasteiger partial charge in [0.15, 0.2) is 0 Å². The zero-order valence-electron chi connectivity index (χ0n) is 5.33. The Kier molecular flexibility index (Phi) is 3.77. The molecule has 0 aromatic heterocycles. The second-order valence-electron chi connectivity index (χ2n) is 1.84. The van der Waals surface area contributed by atoms with Crippen molar-refractivity contribution in [3.05, 3.63) is 0 Å². The fourth-order valence-electron chi connectivity index (χ4n) is 0.445. The van der Waals surface area contributed by atoms with Crippen LogP contribution in [0.25, 0.3) is 0 Å². The quantitative estimate of drug-likeness (QED) is 0.418. The van der Waals surface area contributed by atoms with Crippen molar-refractivity contribution in [2.75, 3.05) is 7.05 Å². The number of rotatable bonds is 3. The Balaban J connectivity index is 3.17. The first kappa shape index (κ1) is 7.88. The van der Waals surface area contributed by atoms with E-state index in [9.17, 15) is 0 Å². The molecule has 0 aromatic rings. The molecule has 50 valence electrons. The number of hydroxylamine groups is 2. The molecule has 0 aliphatic rings. The minimum Gasteiger partial charge on any atom is -0.376 e. The summed E-state index contributed by atoms with van der Waals surface area (Å²) in [5.74, 6) is 0. The van der Waals surface area contributed by atoms with Crippen molar-refractivity contribution >= 4 is 0 Å². The van der Waals surface area contributed by atoms with Crippen molar-refractivity contribution < 1.29 is 10.3 Å². The van der Waals surface area contributed by atoms with Crippen LogP contribution in [-0.2, 0) is 0 Å². The minimum atomic E-state index is -0.694. The summed E-state index contributed by atoms with van der Waals surface area (Å²) in [6.07, 6.45) is 0.805. The maximum atomic E-state index is 8.80. The Hall–Kier alpha value is -0.120. The van der Waals surface area contributed by atoms with Crippen LogP contribution < -0.4 is 0 Å². The molecule has 0 fully saturated rings. The molecule has 0 rings (SSSR count). The van der Waals surface area contributed by atoms with Crippen molar-refractivity contribution in [1.82, 2.24) is 5.06 Å². The molecule has 2 N–H and O–H groups in total. The largest absolute Gasteiger partial charge is 0.376 e. The fourth-order valence-corrected chi connectivity index (χ4v) is 0.445. The second kappa shape index (κ2) is 3.83. The van der Waals surface area contributed by atoms with E-state index < -0.39 is 6.23 Å². The minimum absolute atomic E-state index is 0.618. The average Bonchev–Trinajstić information content (AvgIpc) is 1.67. The molecule has 1 atom stereocenters. The van der Waals surface area contributed by atoms with Gasteiger partial charge in [0.25, 0.3) is 0 Å². The van der Waals surface area contributed by atoms with Gasteiger partial charge in [-0.05, 0) is 6.42 Å². The molecule has 0 aliphatic carbocycles. The smallest absolute Gasteiger partial charge is 0.129 e. The third-order valence-electron chi connectivity index (χ3n) is 0.978. The third-order valence-corrected chi connectivity index (χ3v) is 0.978. The third kappa shape index (κ3) is 2.96. The van der Waals surface area contributed by atoms with Crippen molar-refractivity contribution in [1.29, 1.82) is 0 Å². The zero-order chi connectivity index (χ0) is 6.57. The molecule has 0 spiro atoms. The predicted octanol–water partition coefficient (Wildman–Crippen LogP) is 0.426. The molecule has 0 saturated heterocycles. The van der Waals surface area contributed by atoms with Crippen molar-refractivity contribution in [3.63, 3.8) is 0 Å². The van der Waals surface area contributed by atoms with Crippen LogP contribution in [0.5, 0.6) is 0 Å². The van der Waals surface area contributed by atoms with Crippen LogP contribution in [0.2, 0.25) is 0 Å². The van der Waals surface area contributed by atoms with E-state index in [1.165, 1.54) is 7.05 Å². The van der Waals surface area contributed by atoms with E-state index in [1.54, 1.807) is 0 Å². The molecule has 1 unspecified atom stereocenters. The summed E-state index contributed by atoms with van der Waals surface area (Å²) in [7, 11) is 1.43. The number of hydrogen-bond acceptors (Lipinski definition) is 3. The van der Waals surface area contributed by atoms with Gasteiger partial charge in [0, 0.05) is 7.05 Å². The summed E-state index contributed by atoms with van der Waals surface area (Å²) in [6.45, 7) is 1.95. The summed E-state index contributed by atoms with van der Waals surface area (Å²) >= 11 is 0. The highest BCUT2D eigenvalue weighted by molar-refractivity contribution is 4.43. The molecule has 3 nitrogen and oxygen atoms in total. The van der Waals surface area contributed by atoms with Gasteiger partial charge < -0.3 is 10.3 Å². The number of hydrogen-bond donors (Lipinski definition) is 2. The SMILES string of the molecule is CCCC(O)N(C)O. The Labute approximate surface area is 49.5 Å². The molecule has 3 heteroatoms. The van der Waals surface area contributed by atoms with Gasteiger partial charge in [-0.1, -0.05) is 13.3 Å². The highest BCUT2D eigenvalue weighted by Gasteiger charge is 2.04. The number of aliphatic hydroxyl groups excluding tert-OH is 1. The summed E-state index contributed by atoms with van der Waals surface area (Å²) in [6, 6.07) is 0. The van der Waals surface area contributed by atoms with Gasteiger partial charge >= 0.3 is 0 Å². The van der Waals surface area contributed by atoms with E-state index in [1.807, 2.05) is 6.92 Å². The molecule has 0 amide bonds. The van der Waals surface area contributed by atoms with Gasteiger partial charge in [-0.3, -0.25) is 0 Å². The van der Waals surface area contributed by atoms with Crippen LogP contribution in [-0.4, -0.2) is 28.7 Å². The topological polar surface area (TPSA) is 43.7 Å². The maximum absolute atomic E-state index is 8.80. The van der Waals surface area contributed by atoms with Crippen LogP contribution in [0.1, 0.15) is 19.8 Å². The van der Waals surface area contributed by atoms with E-state index in [0.717, 1.165) is 11.5 Å².